The van der Waals surface area contributed by atoms with Crippen LogP contribution in [0.25, 0.3) is 0 Å². The molecule has 1 fully saturated rings. The van der Waals surface area contributed by atoms with Gasteiger partial charge in [-0.25, -0.2) is 4.79 Å². The molecule has 20 heavy (non-hydrogen) atoms. The molecular formula is C16H24N2O2. The maximum atomic E-state index is 11.0. The molecule has 1 heterocycles. The number of nitrogens with zero attached hydrogens (tertiary/aromatic N) is 1. The normalized spacial score (nSPS) is 17.1. The summed E-state index contributed by atoms with van der Waals surface area (Å²) in [5.74, 6) is -0.141. The molecule has 1 aromatic rings. The number of carbonyl (C=O) groups is 1. The molecule has 0 unspecified atom stereocenters. The molecule has 0 aliphatic carbocycles. The number of rotatable bonds is 5. The molecule has 0 saturated carbocycles. The lowest BCUT2D eigenvalue weighted by Crippen LogP contribution is -2.35. The standard InChI is InChI=1S/C16H24N2O2/c1-3-18-8-6-13(7-9-18)11-17-14-4-5-15(16(19)20)12(2)10-14/h4-5,10,13,17H,3,6-9,11H2,1-2H3,(H,19,20). The van der Waals surface area contributed by atoms with E-state index in [0.717, 1.165) is 30.3 Å². The second-order valence-electron chi connectivity index (χ2n) is 5.59. The lowest BCUT2D eigenvalue weighted by Gasteiger charge is -2.31. The fourth-order valence-electron chi connectivity index (χ4n) is 2.78. The highest BCUT2D eigenvalue weighted by molar-refractivity contribution is 5.89. The van der Waals surface area contributed by atoms with Gasteiger partial charge in [0.1, 0.15) is 0 Å². The van der Waals surface area contributed by atoms with Crippen LogP contribution in [0.5, 0.6) is 0 Å². The summed E-state index contributed by atoms with van der Waals surface area (Å²) in [4.78, 5) is 13.5. The topological polar surface area (TPSA) is 52.6 Å². The average Bonchev–Trinajstić information content (AvgIpc) is 2.45. The minimum atomic E-state index is -0.860. The summed E-state index contributed by atoms with van der Waals surface area (Å²) in [6, 6.07) is 5.46. The molecule has 4 nitrogen and oxygen atoms in total. The van der Waals surface area contributed by atoms with Crippen LogP contribution in [-0.4, -0.2) is 42.2 Å². The Morgan fingerprint density at radius 2 is 2.10 bits per heavy atom. The van der Waals surface area contributed by atoms with Crippen LogP contribution in [0, 0.1) is 12.8 Å². The quantitative estimate of drug-likeness (QED) is 0.868. The van der Waals surface area contributed by atoms with E-state index in [4.69, 9.17) is 5.11 Å². The number of benzene rings is 1. The van der Waals surface area contributed by atoms with Crippen LogP contribution in [0.4, 0.5) is 5.69 Å². The van der Waals surface area contributed by atoms with Crippen LogP contribution in [0.15, 0.2) is 18.2 Å². The van der Waals surface area contributed by atoms with Crippen LogP contribution in [0.1, 0.15) is 35.7 Å². The first-order valence-electron chi connectivity index (χ1n) is 7.40. The molecule has 2 N–H and O–H groups in total. The Labute approximate surface area is 120 Å². The number of hydrogen-bond donors (Lipinski definition) is 2. The summed E-state index contributed by atoms with van der Waals surface area (Å²) in [5.41, 5.74) is 2.21. The molecule has 0 radical (unpaired) electrons. The van der Waals surface area contributed by atoms with E-state index in [0.29, 0.717) is 5.56 Å². The highest BCUT2D eigenvalue weighted by Crippen LogP contribution is 2.19. The zero-order valence-electron chi connectivity index (χ0n) is 12.4. The molecule has 110 valence electrons. The summed E-state index contributed by atoms with van der Waals surface area (Å²) < 4.78 is 0. The molecule has 1 aliphatic heterocycles. The van der Waals surface area contributed by atoms with E-state index < -0.39 is 5.97 Å². The van der Waals surface area contributed by atoms with Gasteiger partial charge < -0.3 is 15.3 Å². The number of carboxylic acids is 1. The monoisotopic (exact) mass is 276 g/mol. The van der Waals surface area contributed by atoms with Crippen molar-refractivity contribution in [2.45, 2.75) is 26.7 Å². The average molecular weight is 276 g/mol. The molecule has 0 atom stereocenters. The Bertz CT molecular complexity index is 466. The first kappa shape index (κ1) is 14.9. The fourth-order valence-corrected chi connectivity index (χ4v) is 2.78. The summed E-state index contributed by atoms with van der Waals surface area (Å²) in [6.07, 6.45) is 2.49. The first-order valence-corrected chi connectivity index (χ1v) is 7.40. The molecule has 4 heteroatoms. The number of hydrogen-bond acceptors (Lipinski definition) is 3. The second kappa shape index (κ2) is 6.75. The Kier molecular flexibility index (Phi) is 5.01. The van der Waals surface area contributed by atoms with Crippen molar-refractivity contribution in [3.8, 4) is 0 Å². The predicted octanol–water partition coefficient (Wildman–Crippen LogP) is 2.84. The van der Waals surface area contributed by atoms with Crippen molar-refractivity contribution in [1.29, 1.82) is 0 Å². The summed E-state index contributed by atoms with van der Waals surface area (Å²) >= 11 is 0. The Morgan fingerprint density at radius 1 is 1.40 bits per heavy atom. The largest absolute Gasteiger partial charge is 0.478 e. The number of aryl methyl sites for hydroxylation is 1. The fraction of sp³-hybridized carbons (Fsp3) is 0.562. The van der Waals surface area contributed by atoms with Crippen LogP contribution < -0.4 is 5.32 Å². The van der Waals surface area contributed by atoms with Gasteiger partial charge in [0.2, 0.25) is 0 Å². The predicted molar refractivity (Wildman–Crippen MR) is 81.5 cm³/mol. The van der Waals surface area contributed by atoms with Crippen LogP contribution in [-0.2, 0) is 0 Å². The minimum Gasteiger partial charge on any atom is -0.478 e. The summed E-state index contributed by atoms with van der Waals surface area (Å²) in [5, 5.41) is 12.5. The van der Waals surface area contributed by atoms with E-state index in [1.54, 1.807) is 6.07 Å². The summed E-state index contributed by atoms with van der Waals surface area (Å²) in [7, 11) is 0. The SMILES string of the molecule is CCN1CCC(CNc2ccc(C(=O)O)c(C)c2)CC1. The molecule has 0 spiro atoms. The molecule has 0 bridgehead atoms. The van der Waals surface area contributed by atoms with E-state index >= 15 is 0 Å². The van der Waals surface area contributed by atoms with E-state index in [9.17, 15) is 4.79 Å². The van der Waals surface area contributed by atoms with Gasteiger partial charge in [-0.05, 0) is 69.1 Å². The third-order valence-electron chi connectivity index (χ3n) is 4.21. The molecule has 1 aliphatic rings. The molecule has 0 aromatic heterocycles. The van der Waals surface area contributed by atoms with Crippen LogP contribution >= 0.6 is 0 Å². The highest BCUT2D eigenvalue weighted by Gasteiger charge is 2.17. The highest BCUT2D eigenvalue weighted by atomic mass is 16.4. The maximum Gasteiger partial charge on any atom is 0.335 e. The second-order valence-corrected chi connectivity index (χ2v) is 5.59. The Balaban J connectivity index is 1.85. The maximum absolute atomic E-state index is 11.0. The Morgan fingerprint density at radius 3 is 2.65 bits per heavy atom. The number of anilines is 1. The van der Waals surface area contributed by atoms with Crippen molar-refractivity contribution in [2.75, 3.05) is 31.5 Å². The smallest absolute Gasteiger partial charge is 0.335 e. The zero-order valence-corrected chi connectivity index (χ0v) is 12.4. The number of aromatic carboxylic acids is 1. The van der Waals surface area contributed by atoms with Gasteiger partial charge in [0.25, 0.3) is 0 Å². The van der Waals surface area contributed by atoms with Gasteiger partial charge in [0.05, 0.1) is 5.56 Å². The third-order valence-corrected chi connectivity index (χ3v) is 4.21. The van der Waals surface area contributed by atoms with Gasteiger partial charge in [-0.15, -0.1) is 0 Å². The van der Waals surface area contributed by atoms with E-state index in [-0.39, 0.29) is 0 Å². The van der Waals surface area contributed by atoms with Crippen LogP contribution in [0.3, 0.4) is 0 Å². The van der Waals surface area contributed by atoms with E-state index in [2.05, 4.69) is 17.1 Å². The minimum absolute atomic E-state index is 0.381. The van der Waals surface area contributed by atoms with Gasteiger partial charge in [-0.1, -0.05) is 6.92 Å². The van der Waals surface area contributed by atoms with Gasteiger partial charge in [0.15, 0.2) is 0 Å². The van der Waals surface area contributed by atoms with Gasteiger partial charge in [-0.2, -0.15) is 0 Å². The zero-order chi connectivity index (χ0) is 14.5. The lowest BCUT2D eigenvalue weighted by molar-refractivity contribution is 0.0696. The van der Waals surface area contributed by atoms with E-state index in [1.165, 1.54) is 25.9 Å². The van der Waals surface area contributed by atoms with Gasteiger partial charge >= 0.3 is 5.97 Å². The van der Waals surface area contributed by atoms with Gasteiger partial charge in [0, 0.05) is 12.2 Å². The molecule has 2 rings (SSSR count). The number of piperidine rings is 1. The number of nitrogens with one attached hydrogen (secondary N) is 1. The molecule has 1 saturated heterocycles. The Hall–Kier alpha value is -1.55. The van der Waals surface area contributed by atoms with Crippen molar-refractivity contribution in [2.24, 2.45) is 5.92 Å². The van der Waals surface area contributed by atoms with Crippen molar-refractivity contribution in [3.05, 3.63) is 29.3 Å². The van der Waals surface area contributed by atoms with Crippen molar-refractivity contribution in [1.82, 2.24) is 4.90 Å². The lowest BCUT2D eigenvalue weighted by atomic mass is 9.96. The van der Waals surface area contributed by atoms with Crippen LogP contribution in [0.2, 0.25) is 0 Å². The van der Waals surface area contributed by atoms with Crippen molar-refractivity contribution < 1.29 is 9.90 Å². The van der Waals surface area contributed by atoms with Crippen molar-refractivity contribution >= 4 is 11.7 Å². The van der Waals surface area contributed by atoms with E-state index in [1.807, 2.05) is 19.1 Å². The van der Waals surface area contributed by atoms with Gasteiger partial charge in [-0.3, -0.25) is 0 Å². The molecular weight excluding hydrogens is 252 g/mol. The first-order chi connectivity index (χ1) is 9.60. The number of likely N-dealkylation sites (tertiary alicyclic amines) is 1. The summed E-state index contributed by atoms with van der Waals surface area (Å²) in [6.45, 7) is 8.57. The number of carboxylic acid groups (broad SMARTS) is 1. The molecule has 1 aromatic carbocycles. The molecule has 0 amide bonds. The van der Waals surface area contributed by atoms with Crippen molar-refractivity contribution in [3.63, 3.8) is 0 Å². The third kappa shape index (κ3) is 3.73.